The maximum Gasteiger partial charge on any atom is 0.277 e. The van der Waals surface area contributed by atoms with Crippen molar-refractivity contribution in [1.82, 2.24) is 5.43 Å². The number of carbonyl (C=O) groups excluding carboxylic acids is 1. The molecule has 0 aliphatic heterocycles. The molecule has 5 nitrogen and oxygen atoms in total. The Labute approximate surface area is 110 Å². The van der Waals surface area contributed by atoms with Crippen molar-refractivity contribution in [3.05, 3.63) is 54.0 Å². The lowest BCUT2D eigenvalue weighted by atomic mass is 10.3. The first kappa shape index (κ1) is 12.9. The summed E-state index contributed by atoms with van der Waals surface area (Å²) in [5.74, 6) is 1.69. The van der Waals surface area contributed by atoms with Crippen LogP contribution in [0.2, 0.25) is 0 Å². The SMILES string of the molecule is Cc1ccc(/C=N/NC(=O)COc2ccccc2)o1. The highest BCUT2D eigenvalue weighted by Gasteiger charge is 2.00. The third-order valence-electron chi connectivity index (χ3n) is 2.26. The number of ether oxygens (including phenoxy) is 1. The number of benzene rings is 1. The van der Waals surface area contributed by atoms with E-state index >= 15 is 0 Å². The minimum absolute atomic E-state index is 0.0848. The molecular formula is C14H14N2O3. The second-order valence-electron chi connectivity index (χ2n) is 3.84. The second-order valence-corrected chi connectivity index (χ2v) is 3.84. The van der Waals surface area contributed by atoms with E-state index in [-0.39, 0.29) is 12.5 Å². The van der Waals surface area contributed by atoms with E-state index in [1.54, 1.807) is 18.2 Å². The summed E-state index contributed by atoms with van der Waals surface area (Å²) in [7, 11) is 0. The van der Waals surface area contributed by atoms with Crippen LogP contribution < -0.4 is 10.2 Å². The molecule has 0 spiro atoms. The number of aryl methyl sites for hydroxylation is 1. The van der Waals surface area contributed by atoms with E-state index in [1.807, 2.05) is 31.2 Å². The Balaban J connectivity index is 1.74. The molecule has 0 saturated carbocycles. The van der Waals surface area contributed by atoms with Crippen LogP contribution in [-0.4, -0.2) is 18.7 Å². The first-order valence-corrected chi connectivity index (χ1v) is 5.80. The fourth-order valence-electron chi connectivity index (χ4n) is 1.39. The number of nitrogens with one attached hydrogen (secondary N) is 1. The van der Waals surface area contributed by atoms with Gasteiger partial charge in [-0.2, -0.15) is 5.10 Å². The van der Waals surface area contributed by atoms with Crippen molar-refractivity contribution in [2.75, 3.05) is 6.61 Å². The average Bonchev–Trinajstić information content (AvgIpc) is 2.83. The summed E-state index contributed by atoms with van der Waals surface area (Å²) in [6.45, 7) is 1.75. The lowest BCUT2D eigenvalue weighted by Gasteiger charge is -2.03. The van der Waals surface area contributed by atoms with E-state index in [0.29, 0.717) is 11.5 Å². The Kier molecular flexibility index (Phi) is 4.34. The standard InChI is InChI=1S/C14H14N2O3/c1-11-7-8-13(19-11)9-15-16-14(17)10-18-12-5-3-2-4-6-12/h2-9H,10H2,1H3,(H,16,17)/b15-9+. The van der Waals surface area contributed by atoms with Gasteiger partial charge in [0.1, 0.15) is 17.3 Å². The van der Waals surface area contributed by atoms with Gasteiger partial charge in [0.2, 0.25) is 0 Å². The van der Waals surface area contributed by atoms with Gasteiger partial charge < -0.3 is 9.15 Å². The lowest BCUT2D eigenvalue weighted by molar-refractivity contribution is -0.123. The Morgan fingerprint density at radius 3 is 2.79 bits per heavy atom. The van der Waals surface area contributed by atoms with E-state index in [9.17, 15) is 4.79 Å². The highest BCUT2D eigenvalue weighted by Crippen LogP contribution is 2.07. The summed E-state index contributed by atoms with van der Waals surface area (Å²) in [6, 6.07) is 12.7. The number of carbonyl (C=O) groups is 1. The van der Waals surface area contributed by atoms with Gasteiger partial charge in [-0.15, -0.1) is 0 Å². The zero-order valence-corrected chi connectivity index (χ0v) is 10.5. The van der Waals surface area contributed by atoms with Gasteiger partial charge in [-0.25, -0.2) is 5.43 Å². The van der Waals surface area contributed by atoms with E-state index in [4.69, 9.17) is 9.15 Å². The van der Waals surface area contributed by atoms with Gasteiger partial charge in [-0.1, -0.05) is 18.2 Å². The number of amides is 1. The molecule has 0 atom stereocenters. The zero-order chi connectivity index (χ0) is 13.5. The van der Waals surface area contributed by atoms with Crippen molar-refractivity contribution in [2.45, 2.75) is 6.92 Å². The highest BCUT2D eigenvalue weighted by atomic mass is 16.5. The molecule has 5 heteroatoms. The summed E-state index contributed by atoms with van der Waals surface area (Å²) in [6.07, 6.45) is 1.44. The molecule has 1 N–H and O–H groups in total. The largest absolute Gasteiger partial charge is 0.484 e. The Morgan fingerprint density at radius 1 is 1.32 bits per heavy atom. The van der Waals surface area contributed by atoms with Crippen molar-refractivity contribution in [2.24, 2.45) is 5.10 Å². The van der Waals surface area contributed by atoms with Gasteiger partial charge in [0, 0.05) is 0 Å². The number of hydrogen-bond donors (Lipinski definition) is 1. The molecule has 1 aromatic carbocycles. The summed E-state index contributed by atoms with van der Waals surface area (Å²) in [5, 5.41) is 3.77. The van der Waals surface area contributed by atoms with Crippen molar-refractivity contribution in [3.8, 4) is 5.75 Å². The number of nitrogens with zero attached hydrogens (tertiary/aromatic N) is 1. The summed E-state index contributed by atoms with van der Waals surface area (Å²) in [5.41, 5.74) is 2.36. The van der Waals surface area contributed by atoms with Crippen LogP contribution >= 0.6 is 0 Å². The topological polar surface area (TPSA) is 63.8 Å². The fourth-order valence-corrected chi connectivity index (χ4v) is 1.39. The second kappa shape index (κ2) is 6.39. The molecule has 0 fully saturated rings. The average molecular weight is 258 g/mol. The molecular weight excluding hydrogens is 244 g/mol. The molecule has 98 valence electrons. The van der Waals surface area contributed by atoms with Gasteiger partial charge in [0.25, 0.3) is 5.91 Å². The molecule has 1 aromatic heterocycles. The number of furan rings is 1. The van der Waals surface area contributed by atoms with Crippen LogP contribution in [0.25, 0.3) is 0 Å². The van der Waals surface area contributed by atoms with Crippen molar-refractivity contribution < 1.29 is 13.9 Å². The zero-order valence-electron chi connectivity index (χ0n) is 10.5. The van der Waals surface area contributed by atoms with Crippen LogP contribution in [0.5, 0.6) is 5.75 Å². The van der Waals surface area contributed by atoms with E-state index in [1.165, 1.54) is 6.21 Å². The molecule has 2 aromatic rings. The van der Waals surface area contributed by atoms with Crippen LogP contribution in [0, 0.1) is 6.92 Å². The minimum atomic E-state index is -0.330. The van der Waals surface area contributed by atoms with Crippen LogP contribution in [0.3, 0.4) is 0 Å². The quantitative estimate of drug-likeness (QED) is 0.660. The molecule has 2 rings (SSSR count). The van der Waals surface area contributed by atoms with E-state index in [0.717, 1.165) is 5.76 Å². The van der Waals surface area contributed by atoms with Gasteiger partial charge in [-0.3, -0.25) is 4.79 Å². The van der Waals surface area contributed by atoms with Crippen LogP contribution in [0.1, 0.15) is 11.5 Å². The molecule has 1 heterocycles. The van der Waals surface area contributed by atoms with Gasteiger partial charge >= 0.3 is 0 Å². The van der Waals surface area contributed by atoms with Gasteiger partial charge in [-0.05, 0) is 31.2 Å². The maximum atomic E-state index is 11.4. The molecule has 0 bridgehead atoms. The van der Waals surface area contributed by atoms with Gasteiger partial charge in [0.05, 0.1) is 6.21 Å². The number of rotatable bonds is 5. The third kappa shape index (κ3) is 4.31. The number of hydrazone groups is 1. The summed E-state index contributed by atoms with van der Waals surface area (Å²) in [4.78, 5) is 11.4. The summed E-state index contributed by atoms with van der Waals surface area (Å²) >= 11 is 0. The fraction of sp³-hybridized carbons (Fsp3) is 0.143. The smallest absolute Gasteiger partial charge is 0.277 e. The van der Waals surface area contributed by atoms with Crippen LogP contribution in [-0.2, 0) is 4.79 Å². The number of para-hydroxylation sites is 1. The predicted octanol–water partition coefficient (Wildman–Crippen LogP) is 2.12. The van der Waals surface area contributed by atoms with E-state index in [2.05, 4.69) is 10.5 Å². The molecule has 0 radical (unpaired) electrons. The monoisotopic (exact) mass is 258 g/mol. The third-order valence-corrected chi connectivity index (χ3v) is 2.26. The van der Waals surface area contributed by atoms with Crippen LogP contribution in [0.4, 0.5) is 0 Å². The van der Waals surface area contributed by atoms with Gasteiger partial charge in [0.15, 0.2) is 6.61 Å². The van der Waals surface area contributed by atoms with Crippen molar-refractivity contribution in [1.29, 1.82) is 0 Å². The minimum Gasteiger partial charge on any atom is -0.484 e. The summed E-state index contributed by atoms with van der Waals surface area (Å²) < 4.78 is 10.5. The van der Waals surface area contributed by atoms with Crippen molar-refractivity contribution >= 4 is 12.1 Å². The van der Waals surface area contributed by atoms with Crippen LogP contribution in [0.15, 0.2) is 52.0 Å². The maximum absolute atomic E-state index is 11.4. The molecule has 1 amide bonds. The molecule has 19 heavy (non-hydrogen) atoms. The van der Waals surface area contributed by atoms with E-state index < -0.39 is 0 Å². The first-order chi connectivity index (χ1) is 9.24. The highest BCUT2D eigenvalue weighted by molar-refractivity contribution is 5.81. The molecule has 0 saturated heterocycles. The van der Waals surface area contributed by atoms with Crippen molar-refractivity contribution in [3.63, 3.8) is 0 Å². The first-order valence-electron chi connectivity index (χ1n) is 5.80. The molecule has 0 aliphatic carbocycles. The Bertz CT molecular complexity index is 561. The Hall–Kier alpha value is -2.56. The predicted molar refractivity (Wildman–Crippen MR) is 71.1 cm³/mol. The molecule has 0 aliphatic rings. The normalized spacial score (nSPS) is 10.6. The number of hydrogen-bond acceptors (Lipinski definition) is 4. The Morgan fingerprint density at radius 2 is 2.11 bits per heavy atom. The lowest BCUT2D eigenvalue weighted by Crippen LogP contribution is -2.24. The molecule has 0 unspecified atom stereocenters.